The van der Waals surface area contributed by atoms with Crippen molar-refractivity contribution in [3.8, 4) is 0 Å². The van der Waals surface area contributed by atoms with E-state index in [0.717, 1.165) is 12.0 Å². The van der Waals surface area contributed by atoms with Gasteiger partial charge in [0.1, 0.15) is 24.0 Å². The van der Waals surface area contributed by atoms with Crippen LogP contribution in [0.5, 0.6) is 0 Å². The molecule has 12 nitrogen and oxygen atoms in total. The molecule has 12 unspecified atom stereocenters. The first kappa shape index (κ1) is 44.2. The highest BCUT2D eigenvalue weighted by Gasteiger charge is 2.56. The van der Waals surface area contributed by atoms with Gasteiger partial charge >= 0.3 is 5.97 Å². The molecule has 54 heavy (non-hydrogen) atoms. The van der Waals surface area contributed by atoms with E-state index in [9.17, 15) is 29.4 Å². The zero-order valence-corrected chi connectivity index (χ0v) is 34.0. The van der Waals surface area contributed by atoms with E-state index in [0.29, 0.717) is 63.4 Å². The highest BCUT2D eigenvalue weighted by Crippen LogP contribution is 2.39. The molecule has 4 N–H and O–H groups in total. The van der Waals surface area contributed by atoms with E-state index in [1.54, 1.807) is 21.1 Å². The number of aliphatic hydroxyl groups is 2. The summed E-state index contributed by atoms with van der Waals surface area (Å²) < 4.78 is 24.3. The van der Waals surface area contributed by atoms with Crippen molar-refractivity contribution in [2.45, 2.75) is 173 Å². The first-order valence-corrected chi connectivity index (χ1v) is 20.3. The molecule has 3 fully saturated rings. The van der Waals surface area contributed by atoms with Gasteiger partial charge in [-0.3, -0.25) is 14.4 Å². The number of fused-ring (bicyclic) bond motifs is 3. The van der Waals surface area contributed by atoms with Gasteiger partial charge in [0.15, 0.2) is 0 Å². The van der Waals surface area contributed by atoms with Crippen molar-refractivity contribution < 1.29 is 48.3 Å². The van der Waals surface area contributed by atoms with E-state index in [-0.39, 0.29) is 49.3 Å². The molecule has 4 aliphatic rings. The molecule has 1 aliphatic carbocycles. The minimum atomic E-state index is -2.47. The Labute approximate surface area is 322 Å². The van der Waals surface area contributed by atoms with Crippen LogP contribution >= 0.6 is 0 Å². The smallest absolute Gasteiger partial charge is 0.329 e. The number of Topliss-reactive ketones (excluding diaryl/α,β-unsaturated/α-hetero) is 2. The van der Waals surface area contributed by atoms with Crippen molar-refractivity contribution in [3.63, 3.8) is 0 Å². The second-order valence-corrected chi connectivity index (χ2v) is 17.1. The number of ether oxygens (including phenoxy) is 4. The van der Waals surface area contributed by atoms with Crippen LogP contribution in [-0.2, 0) is 38.1 Å². The second kappa shape index (κ2) is 19.1. The van der Waals surface area contributed by atoms with E-state index < -0.39 is 71.5 Å². The molecule has 0 aromatic heterocycles. The minimum Gasteiger partial charge on any atom is -0.456 e. The standard InChI is InChI=1S/C42H68N2O10/c1-9-30-20-25(2)19-26(3)21-34(51-7)37-35(52-8)22-29(6)42(50,54-37)38(47)39(48)44-18-11-10-14-32(44)40(49)53-36(27(4)15-16-33(30)46)28(5)23-41(43)17-12-13-31(45)24-41/h20,23,26-27,29-32,34-37,45,50H,9-19,21-22,24,43H2,1-8H3. The Bertz CT molecular complexity index is 1400. The number of ketones is 2. The average Bonchev–Trinajstić information content (AvgIpc) is 3.13. The van der Waals surface area contributed by atoms with Crippen molar-refractivity contribution >= 4 is 23.4 Å². The highest BCUT2D eigenvalue weighted by atomic mass is 16.7. The van der Waals surface area contributed by atoms with E-state index >= 15 is 0 Å². The molecule has 0 aromatic rings. The zero-order chi connectivity index (χ0) is 40.0. The quantitative estimate of drug-likeness (QED) is 0.196. The molecule has 2 saturated heterocycles. The lowest BCUT2D eigenvalue weighted by Crippen LogP contribution is -2.64. The Balaban J connectivity index is 1.75. The van der Waals surface area contributed by atoms with Gasteiger partial charge in [-0.05, 0) is 108 Å². The van der Waals surface area contributed by atoms with E-state index in [1.165, 1.54) is 4.90 Å². The van der Waals surface area contributed by atoms with Crippen LogP contribution in [0.4, 0.5) is 0 Å². The van der Waals surface area contributed by atoms with Crippen molar-refractivity contribution in [1.82, 2.24) is 4.90 Å². The predicted molar refractivity (Wildman–Crippen MR) is 204 cm³/mol. The lowest BCUT2D eigenvalue weighted by molar-refractivity contribution is -0.302. The number of methoxy groups -OCH3 is 2. The predicted octanol–water partition coefficient (Wildman–Crippen LogP) is 4.96. The Morgan fingerprint density at radius 2 is 1.72 bits per heavy atom. The van der Waals surface area contributed by atoms with E-state index in [4.69, 9.17) is 24.7 Å². The fraction of sp³-hybridized carbons (Fsp3) is 0.810. The number of rotatable bonds is 5. The summed E-state index contributed by atoms with van der Waals surface area (Å²) in [5, 5.41) is 22.4. The van der Waals surface area contributed by atoms with Crippen LogP contribution < -0.4 is 5.73 Å². The first-order chi connectivity index (χ1) is 25.5. The Hall–Kier alpha value is -2.48. The van der Waals surface area contributed by atoms with Gasteiger partial charge < -0.3 is 39.8 Å². The lowest BCUT2D eigenvalue weighted by Gasteiger charge is -2.47. The number of nitrogens with zero attached hydrogens (tertiary/aromatic N) is 1. The van der Waals surface area contributed by atoms with Crippen molar-refractivity contribution in [2.24, 2.45) is 29.4 Å². The van der Waals surface area contributed by atoms with Gasteiger partial charge in [-0.15, -0.1) is 0 Å². The first-order valence-electron chi connectivity index (χ1n) is 20.3. The third kappa shape index (κ3) is 10.5. The maximum absolute atomic E-state index is 14.2. The summed E-state index contributed by atoms with van der Waals surface area (Å²) in [6, 6.07) is -1.06. The third-order valence-electron chi connectivity index (χ3n) is 12.5. The number of aliphatic hydroxyl groups excluding tert-OH is 1. The molecule has 0 aromatic carbocycles. The largest absolute Gasteiger partial charge is 0.456 e. The molecular weight excluding hydrogens is 692 g/mol. The topological polar surface area (TPSA) is 175 Å². The Morgan fingerprint density at radius 1 is 1.04 bits per heavy atom. The Kier molecular flexibility index (Phi) is 15.7. The second-order valence-electron chi connectivity index (χ2n) is 17.1. The minimum absolute atomic E-state index is 0.0859. The molecule has 0 spiro atoms. The summed E-state index contributed by atoms with van der Waals surface area (Å²) in [6.07, 6.45) is 7.52. The van der Waals surface area contributed by atoms with Crippen LogP contribution in [0.25, 0.3) is 0 Å². The average molecular weight is 761 g/mol. The van der Waals surface area contributed by atoms with Gasteiger partial charge in [0.25, 0.3) is 11.7 Å². The molecule has 12 heteroatoms. The number of allylic oxidation sites excluding steroid dienone is 2. The molecule has 0 radical (unpaired) electrons. The van der Waals surface area contributed by atoms with E-state index in [1.807, 2.05) is 33.8 Å². The monoisotopic (exact) mass is 760 g/mol. The molecule has 3 heterocycles. The number of esters is 1. The molecule has 2 bridgehead atoms. The SMILES string of the molecule is CCC1C=C(C)CC(C)CC(OC)C2OC(O)(C(=O)C(=O)N3CCCCC3C(=O)OC(C(C)=CC3(N)CCCC(O)C3)C(C)CCC1=O)C(C)CC2OC. The van der Waals surface area contributed by atoms with E-state index in [2.05, 4.69) is 13.0 Å². The normalized spacial score (nSPS) is 40.3. The zero-order valence-electron chi connectivity index (χ0n) is 34.0. The number of carbonyl (C=O) groups is 4. The van der Waals surface area contributed by atoms with Crippen LogP contribution in [0.2, 0.25) is 0 Å². The maximum Gasteiger partial charge on any atom is 0.329 e. The fourth-order valence-electron chi connectivity index (χ4n) is 9.36. The molecule has 1 saturated carbocycles. The molecular formula is C42H68N2O10. The number of cyclic esters (lactones) is 1. The number of amides is 1. The summed E-state index contributed by atoms with van der Waals surface area (Å²) in [4.78, 5) is 57.5. The molecule has 4 rings (SSSR count). The summed E-state index contributed by atoms with van der Waals surface area (Å²) >= 11 is 0. The van der Waals surface area contributed by atoms with Gasteiger partial charge in [-0.25, -0.2) is 4.79 Å². The van der Waals surface area contributed by atoms with Crippen LogP contribution in [0, 0.1) is 23.7 Å². The van der Waals surface area contributed by atoms with Crippen LogP contribution in [0.1, 0.15) is 125 Å². The number of carbonyl (C=O) groups excluding carboxylic acids is 4. The summed E-state index contributed by atoms with van der Waals surface area (Å²) in [6.45, 7) is 11.7. The molecule has 12 atom stereocenters. The summed E-state index contributed by atoms with van der Waals surface area (Å²) in [7, 11) is 3.10. The number of hydrogen-bond donors (Lipinski definition) is 3. The maximum atomic E-state index is 14.2. The van der Waals surface area contributed by atoms with Crippen molar-refractivity contribution in [3.05, 3.63) is 23.3 Å². The van der Waals surface area contributed by atoms with Crippen molar-refractivity contribution in [1.29, 1.82) is 0 Å². The molecule has 1 amide bonds. The summed E-state index contributed by atoms with van der Waals surface area (Å²) in [5.74, 6) is -6.41. The van der Waals surface area contributed by atoms with Gasteiger partial charge in [0.05, 0.1) is 18.3 Å². The van der Waals surface area contributed by atoms with Crippen LogP contribution in [-0.4, -0.2) is 107 Å². The highest BCUT2D eigenvalue weighted by molar-refractivity contribution is 6.39. The van der Waals surface area contributed by atoms with Gasteiger partial charge in [0, 0.05) is 44.6 Å². The van der Waals surface area contributed by atoms with Crippen molar-refractivity contribution in [2.75, 3.05) is 20.8 Å². The lowest BCUT2D eigenvalue weighted by atomic mass is 9.78. The molecule has 3 aliphatic heterocycles. The van der Waals surface area contributed by atoms with Gasteiger partial charge in [-0.1, -0.05) is 45.4 Å². The number of hydrogen-bond acceptors (Lipinski definition) is 11. The number of piperidine rings is 1. The number of nitrogens with two attached hydrogens (primary N) is 1. The molecule has 306 valence electrons. The van der Waals surface area contributed by atoms with Gasteiger partial charge in [0.2, 0.25) is 5.79 Å². The Morgan fingerprint density at radius 3 is 2.37 bits per heavy atom. The van der Waals surface area contributed by atoms with Crippen LogP contribution in [0.3, 0.4) is 0 Å². The van der Waals surface area contributed by atoms with Gasteiger partial charge in [-0.2, -0.15) is 0 Å². The fourth-order valence-corrected chi connectivity index (χ4v) is 9.36. The van der Waals surface area contributed by atoms with Crippen LogP contribution in [0.15, 0.2) is 23.3 Å². The summed E-state index contributed by atoms with van der Waals surface area (Å²) in [5.41, 5.74) is 7.78. The third-order valence-corrected chi connectivity index (χ3v) is 12.5.